The summed E-state index contributed by atoms with van der Waals surface area (Å²) in [6.07, 6.45) is 1.85. The van der Waals surface area contributed by atoms with Crippen LogP contribution in [0.5, 0.6) is 0 Å². The molecule has 14 heteroatoms. The zero-order valence-corrected chi connectivity index (χ0v) is 19.5. The van der Waals surface area contributed by atoms with Gasteiger partial charge >= 0.3 is 11.9 Å². The number of nitrogens with one attached hydrogen (secondary N) is 4. The fourth-order valence-electron chi connectivity index (χ4n) is 3.13. The highest BCUT2D eigenvalue weighted by molar-refractivity contribution is 5.94. The Morgan fingerprint density at radius 2 is 1.66 bits per heavy atom. The number of rotatable bonds is 16. The quantitative estimate of drug-likeness (QED) is 0.128. The number of aromatic nitrogens is 2. The maximum absolute atomic E-state index is 13.0. The number of carboxylic acids is 2. The molecule has 1 heterocycles. The zero-order valence-electron chi connectivity index (χ0n) is 19.5. The maximum Gasteiger partial charge on any atom is 0.305 e. The molecule has 14 nitrogen and oxygen atoms in total. The summed E-state index contributed by atoms with van der Waals surface area (Å²) in [4.78, 5) is 77.9. The third-order valence-electron chi connectivity index (χ3n) is 4.84. The van der Waals surface area contributed by atoms with Gasteiger partial charge in [0, 0.05) is 24.7 Å². The zero-order chi connectivity index (χ0) is 26.5. The number of H-pyrrole nitrogens is 1. The Morgan fingerprint density at radius 3 is 2.17 bits per heavy atom. The van der Waals surface area contributed by atoms with E-state index < -0.39 is 66.7 Å². The summed E-state index contributed by atoms with van der Waals surface area (Å²) in [5.41, 5.74) is 6.30. The highest BCUT2D eigenvalue weighted by atomic mass is 16.4. The van der Waals surface area contributed by atoms with Crippen molar-refractivity contribution in [2.24, 2.45) is 11.7 Å². The van der Waals surface area contributed by atoms with Gasteiger partial charge in [-0.2, -0.15) is 0 Å². The predicted molar refractivity (Wildman–Crippen MR) is 121 cm³/mol. The second-order valence-electron chi connectivity index (χ2n) is 8.42. The molecule has 35 heavy (non-hydrogen) atoms. The van der Waals surface area contributed by atoms with Crippen LogP contribution in [0.15, 0.2) is 12.5 Å². The molecule has 0 bridgehead atoms. The molecule has 8 N–H and O–H groups in total. The lowest BCUT2D eigenvalue weighted by Crippen LogP contribution is -2.57. The van der Waals surface area contributed by atoms with Crippen LogP contribution < -0.4 is 21.7 Å². The van der Waals surface area contributed by atoms with Crippen LogP contribution in [0, 0.1) is 5.92 Å². The molecule has 0 saturated carbocycles. The number of imidazole rings is 1. The molecule has 1 rings (SSSR count). The molecule has 0 aromatic carbocycles. The molecular formula is C21H32N6O8. The standard InChI is InChI=1S/C21H32N6O8/c1-11(2)5-14(22)19(33)26-15(3-4-17(29)30)20(34)27-16(6-12-8-23-10-24-12)21(35)25-13(9-28)7-18(31)32/h8-11,13-16H,3-7,22H2,1-2H3,(H,23,24)(H,25,35)(H,26,33)(H,27,34)(H,29,30)(H,31,32)/t13-,14-,15-,16-/m0/s1. The number of hydrogen-bond acceptors (Lipinski definition) is 8. The van der Waals surface area contributed by atoms with Crippen LogP contribution in [-0.2, 0) is 35.2 Å². The molecule has 0 spiro atoms. The third kappa shape index (κ3) is 11.2. The predicted octanol–water partition coefficient (Wildman–Crippen LogP) is -1.68. The number of carbonyl (C=O) groups excluding carboxylic acids is 4. The minimum absolute atomic E-state index is 0.0982. The summed E-state index contributed by atoms with van der Waals surface area (Å²) in [6, 6.07) is -4.87. The Balaban J connectivity index is 3.05. The van der Waals surface area contributed by atoms with Crippen LogP contribution in [0.2, 0.25) is 0 Å². The van der Waals surface area contributed by atoms with E-state index in [-0.39, 0.29) is 25.0 Å². The Hall–Kier alpha value is -3.81. The van der Waals surface area contributed by atoms with Crippen molar-refractivity contribution < 1.29 is 39.0 Å². The number of amides is 3. The Morgan fingerprint density at radius 1 is 1.03 bits per heavy atom. The Bertz CT molecular complexity index is 888. The van der Waals surface area contributed by atoms with E-state index in [0.29, 0.717) is 12.1 Å². The number of hydrogen-bond donors (Lipinski definition) is 7. The van der Waals surface area contributed by atoms with Crippen LogP contribution in [-0.4, -0.2) is 80.3 Å². The molecule has 0 aliphatic rings. The normalized spacial score (nSPS) is 14.3. The second-order valence-corrected chi connectivity index (χ2v) is 8.42. The van der Waals surface area contributed by atoms with Gasteiger partial charge in [0.15, 0.2) is 0 Å². The second kappa shape index (κ2) is 14.5. The highest BCUT2D eigenvalue weighted by Gasteiger charge is 2.30. The average Bonchev–Trinajstić information content (AvgIpc) is 3.27. The van der Waals surface area contributed by atoms with E-state index in [2.05, 4.69) is 25.9 Å². The lowest BCUT2D eigenvalue weighted by molar-refractivity contribution is -0.140. The van der Waals surface area contributed by atoms with Crippen LogP contribution >= 0.6 is 0 Å². The first kappa shape index (κ1) is 29.2. The first-order valence-corrected chi connectivity index (χ1v) is 11.0. The summed E-state index contributed by atoms with van der Waals surface area (Å²) >= 11 is 0. The van der Waals surface area contributed by atoms with E-state index in [0.717, 1.165) is 0 Å². The molecule has 0 saturated heterocycles. The van der Waals surface area contributed by atoms with Crippen molar-refractivity contribution in [3.63, 3.8) is 0 Å². The number of carbonyl (C=O) groups is 6. The monoisotopic (exact) mass is 496 g/mol. The van der Waals surface area contributed by atoms with Crippen LogP contribution in [0.25, 0.3) is 0 Å². The van der Waals surface area contributed by atoms with Gasteiger partial charge in [0.2, 0.25) is 17.7 Å². The Labute approximate surface area is 201 Å². The van der Waals surface area contributed by atoms with Crippen molar-refractivity contribution in [3.8, 4) is 0 Å². The fraction of sp³-hybridized carbons (Fsp3) is 0.571. The van der Waals surface area contributed by atoms with E-state index in [9.17, 15) is 28.8 Å². The van der Waals surface area contributed by atoms with Crippen molar-refractivity contribution in [2.45, 2.75) is 70.1 Å². The lowest BCUT2D eigenvalue weighted by Gasteiger charge is -2.24. The van der Waals surface area contributed by atoms with Gasteiger partial charge in [-0.1, -0.05) is 13.8 Å². The van der Waals surface area contributed by atoms with Gasteiger partial charge in [-0.3, -0.25) is 24.0 Å². The van der Waals surface area contributed by atoms with Crippen molar-refractivity contribution in [3.05, 3.63) is 18.2 Å². The minimum atomic E-state index is -1.34. The van der Waals surface area contributed by atoms with E-state index in [1.165, 1.54) is 12.5 Å². The Kier molecular flexibility index (Phi) is 12.1. The summed E-state index contributed by atoms with van der Waals surface area (Å²) in [5, 5.41) is 25.0. The highest BCUT2D eigenvalue weighted by Crippen LogP contribution is 2.07. The number of aldehydes is 1. The van der Waals surface area contributed by atoms with E-state index >= 15 is 0 Å². The molecule has 4 atom stereocenters. The van der Waals surface area contributed by atoms with Gasteiger partial charge in [0.25, 0.3) is 0 Å². The summed E-state index contributed by atoms with van der Waals surface area (Å²) in [6.45, 7) is 3.72. The molecule has 3 amide bonds. The molecule has 0 unspecified atom stereocenters. The number of aliphatic carboxylic acids is 2. The topological polar surface area (TPSA) is 234 Å². The van der Waals surface area contributed by atoms with Gasteiger partial charge in [-0.25, -0.2) is 4.98 Å². The van der Waals surface area contributed by atoms with Crippen LogP contribution in [0.4, 0.5) is 0 Å². The van der Waals surface area contributed by atoms with Gasteiger partial charge < -0.3 is 41.7 Å². The molecule has 1 aromatic rings. The summed E-state index contributed by atoms with van der Waals surface area (Å²) in [5.74, 6) is -4.77. The number of nitrogens with zero attached hydrogens (tertiary/aromatic N) is 1. The SMILES string of the molecule is CC(C)C[C@H](N)C(=O)N[C@@H](CCC(=O)O)C(=O)N[C@@H](Cc1cnc[nH]1)C(=O)N[C@H](C=O)CC(=O)O. The van der Waals surface area contributed by atoms with E-state index in [1.54, 1.807) is 0 Å². The molecule has 194 valence electrons. The molecular weight excluding hydrogens is 464 g/mol. The largest absolute Gasteiger partial charge is 0.481 e. The number of aromatic amines is 1. The van der Waals surface area contributed by atoms with Crippen molar-refractivity contribution >= 4 is 35.9 Å². The van der Waals surface area contributed by atoms with Crippen molar-refractivity contribution in [2.75, 3.05) is 0 Å². The van der Waals surface area contributed by atoms with Gasteiger partial charge in [-0.05, 0) is 18.8 Å². The van der Waals surface area contributed by atoms with Crippen molar-refractivity contribution in [1.29, 1.82) is 0 Å². The number of nitrogens with two attached hydrogens (primary N) is 1. The van der Waals surface area contributed by atoms with E-state index in [1.807, 2.05) is 13.8 Å². The maximum atomic E-state index is 13.0. The van der Waals surface area contributed by atoms with Crippen LogP contribution in [0.3, 0.4) is 0 Å². The van der Waals surface area contributed by atoms with Gasteiger partial charge in [0.1, 0.15) is 18.4 Å². The van der Waals surface area contributed by atoms with E-state index in [4.69, 9.17) is 15.9 Å². The minimum Gasteiger partial charge on any atom is -0.481 e. The summed E-state index contributed by atoms with van der Waals surface area (Å²) in [7, 11) is 0. The molecule has 0 fully saturated rings. The molecule has 0 radical (unpaired) electrons. The number of carboxylic acid groups (broad SMARTS) is 2. The van der Waals surface area contributed by atoms with Gasteiger partial charge in [0.05, 0.1) is 24.8 Å². The molecule has 0 aliphatic carbocycles. The molecule has 0 aliphatic heterocycles. The first-order chi connectivity index (χ1) is 16.4. The average molecular weight is 497 g/mol. The third-order valence-corrected chi connectivity index (χ3v) is 4.84. The first-order valence-electron chi connectivity index (χ1n) is 11.0. The van der Waals surface area contributed by atoms with Crippen LogP contribution in [0.1, 0.15) is 45.2 Å². The fourth-order valence-corrected chi connectivity index (χ4v) is 3.13. The van der Waals surface area contributed by atoms with Crippen molar-refractivity contribution in [1.82, 2.24) is 25.9 Å². The molecule has 1 aromatic heterocycles. The summed E-state index contributed by atoms with van der Waals surface area (Å²) < 4.78 is 0. The van der Waals surface area contributed by atoms with Gasteiger partial charge in [-0.15, -0.1) is 0 Å². The smallest absolute Gasteiger partial charge is 0.305 e. The lowest BCUT2D eigenvalue weighted by atomic mass is 10.0.